The molecule has 2 N–H and O–H groups in total. The first-order chi connectivity index (χ1) is 22.6. The Morgan fingerprint density at radius 2 is 1.73 bits per heavy atom. The lowest BCUT2D eigenvalue weighted by Crippen LogP contribution is -2.43. The van der Waals surface area contributed by atoms with Crippen LogP contribution in [0, 0.1) is 0 Å². The second kappa shape index (κ2) is 13.8. The predicted octanol–water partition coefficient (Wildman–Crippen LogP) is 6.71. The molecule has 0 radical (unpaired) electrons. The van der Waals surface area contributed by atoms with Gasteiger partial charge in [0.15, 0.2) is 0 Å². The molecular formula is C36H41F3N4O5. The SMILES string of the molecule is CC(=O)N1CCC(N2CCOc3ccc(C(=O)N[C@H](C)c4ccc(-c5cc(C(F)(F)F)ccc5CNC(=O)OC(C)(C)C)cc4)cc32)C1. The summed E-state index contributed by atoms with van der Waals surface area (Å²) in [6.45, 7) is 11.0. The Bertz CT molecular complexity index is 1670. The van der Waals surface area contributed by atoms with Gasteiger partial charge in [0.25, 0.3) is 5.91 Å². The molecule has 0 bridgehead atoms. The fourth-order valence-corrected chi connectivity index (χ4v) is 6.01. The Hall–Kier alpha value is -4.74. The number of amides is 3. The molecule has 48 heavy (non-hydrogen) atoms. The van der Waals surface area contributed by atoms with Gasteiger partial charge >= 0.3 is 12.3 Å². The van der Waals surface area contributed by atoms with Gasteiger partial charge in [-0.1, -0.05) is 30.3 Å². The van der Waals surface area contributed by atoms with Crippen molar-refractivity contribution in [2.45, 2.75) is 71.4 Å². The first-order valence-electron chi connectivity index (χ1n) is 16.0. The molecule has 1 saturated heterocycles. The van der Waals surface area contributed by atoms with Crippen LogP contribution in [0.25, 0.3) is 11.1 Å². The van der Waals surface area contributed by atoms with Crippen LogP contribution in [0.2, 0.25) is 0 Å². The molecule has 0 aliphatic carbocycles. The van der Waals surface area contributed by atoms with Gasteiger partial charge < -0.3 is 29.9 Å². The highest BCUT2D eigenvalue weighted by atomic mass is 19.4. The summed E-state index contributed by atoms with van der Waals surface area (Å²) in [5.74, 6) is 0.453. The minimum absolute atomic E-state index is 0.0322. The van der Waals surface area contributed by atoms with Crippen molar-refractivity contribution in [2.75, 3.05) is 31.1 Å². The minimum atomic E-state index is -4.55. The zero-order valence-corrected chi connectivity index (χ0v) is 27.7. The van der Waals surface area contributed by atoms with Crippen molar-refractivity contribution < 1.29 is 37.0 Å². The summed E-state index contributed by atoms with van der Waals surface area (Å²) >= 11 is 0. The van der Waals surface area contributed by atoms with Crippen molar-refractivity contribution in [2.24, 2.45) is 0 Å². The highest BCUT2D eigenvalue weighted by Gasteiger charge is 2.33. The number of alkyl halides is 3. The summed E-state index contributed by atoms with van der Waals surface area (Å²) in [7, 11) is 0. The maximum absolute atomic E-state index is 13.6. The molecule has 1 fully saturated rings. The summed E-state index contributed by atoms with van der Waals surface area (Å²) in [5.41, 5.74) is 1.83. The summed E-state index contributed by atoms with van der Waals surface area (Å²) in [6.07, 6.45) is -4.38. The number of carbonyl (C=O) groups is 3. The summed E-state index contributed by atoms with van der Waals surface area (Å²) in [6, 6.07) is 15.4. The van der Waals surface area contributed by atoms with E-state index in [0.29, 0.717) is 54.2 Å². The molecule has 2 aliphatic rings. The molecule has 256 valence electrons. The maximum Gasteiger partial charge on any atom is 0.416 e. The van der Waals surface area contributed by atoms with Crippen LogP contribution >= 0.6 is 0 Å². The van der Waals surface area contributed by atoms with E-state index in [1.807, 2.05) is 17.9 Å². The molecule has 9 nitrogen and oxygen atoms in total. The first-order valence-corrected chi connectivity index (χ1v) is 16.0. The molecule has 12 heteroatoms. The van der Waals surface area contributed by atoms with E-state index in [2.05, 4.69) is 15.5 Å². The minimum Gasteiger partial charge on any atom is -0.490 e. The van der Waals surface area contributed by atoms with Gasteiger partial charge in [-0.05, 0) is 86.7 Å². The largest absolute Gasteiger partial charge is 0.490 e. The van der Waals surface area contributed by atoms with E-state index >= 15 is 0 Å². The molecule has 1 unspecified atom stereocenters. The second-order valence-electron chi connectivity index (χ2n) is 13.2. The standard InChI is InChI=1S/C36H41F3N4O5/c1-22(41-33(45)26-11-13-32-31(18-26)43(16-17-47-32)29-14-15-42(21-29)23(2)44)24-6-8-25(9-7-24)30-19-28(36(37,38)39)12-10-27(30)20-40-34(46)48-35(3,4)5/h6-13,18-19,22,29H,14-17,20-21H2,1-5H3,(H,40,46)(H,41,45)/t22-,29?/m1/s1. The van der Waals surface area contributed by atoms with Crippen LogP contribution in [0.4, 0.5) is 23.7 Å². The van der Waals surface area contributed by atoms with E-state index in [4.69, 9.17) is 9.47 Å². The number of hydrogen-bond donors (Lipinski definition) is 2. The van der Waals surface area contributed by atoms with Crippen LogP contribution in [-0.2, 0) is 22.3 Å². The van der Waals surface area contributed by atoms with Crippen molar-refractivity contribution in [3.8, 4) is 16.9 Å². The fourth-order valence-electron chi connectivity index (χ4n) is 6.01. The molecule has 0 saturated carbocycles. The average molecular weight is 667 g/mol. The molecule has 2 aliphatic heterocycles. The number of alkyl carbamates (subject to hydrolysis) is 1. The molecule has 0 aromatic heterocycles. The third kappa shape index (κ3) is 8.21. The van der Waals surface area contributed by atoms with Gasteiger partial charge in [-0.25, -0.2) is 4.79 Å². The number of likely N-dealkylation sites (tertiary alicyclic amines) is 1. The molecule has 5 rings (SSSR count). The number of hydrogen-bond acceptors (Lipinski definition) is 6. The lowest BCUT2D eigenvalue weighted by Gasteiger charge is -2.36. The molecule has 3 aromatic rings. The molecule has 3 aromatic carbocycles. The van der Waals surface area contributed by atoms with E-state index in [0.717, 1.165) is 29.8 Å². The highest BCUT2D eigenvalue weighted by molar-refractivity contribution is 5.96. The van der Waals surface area contributed by atoms with E-state index in [1.54, 1.807) is 64.1 Å². The topological polar surface area (TPSA) is 100 Å². The molecule has 2 atom stereocenters. The van der Waals surface area contributed by atoms with Crippen molar-refractivity contribution in [3.05, 3.63) is 82.9 Å². The second-order valence-corrected chi connectivity index (χ2v) is 13.2. The van der Waals surface area contributed by atoms with Crippen molar-refractivity contribution in [1.29, 1.82) is 0 Å². The van der Waals surface area contributed by atoms with E-state index in [1.165, 1.54) is 6.07 Å². The van der Waals surface area contributed by atoms with E-state index in [9.17, 15) is 27.6 Å². The lowest BCUT2D eigenvalue weighted by molar-refractivity contribution is -0.137. The Morgan fingerprint density at radius 1 is 1.00 bits per heavy atom. The van der Waals surface area contributed by atoms with Crippen LogP contribution in [0.5, 0.6) is 5.75 Å². The summed E-state index contributed by atoms with van der Waals surface area (Å²) in [5, 5.41) is 5.63. The number of rotatable bonds is 7. The average Bonchev–Trinajstić information content (AvgIpc) is 3.53. The molecular weight excluding hydrogens is 625 g/mol. The van der Waals surface area contributed by atoms with Gasteiger partial charge in [-0.15, -0.1) is 0 Å². The summed E-state index contributed by atoms with van der Waals surface area (Å²) < 4.78 is 52.0. The first kappa shape index (κ1) is 34.6. The van der Waals surface area contributed by atoms with Crippen LogP contribution in [0.1, 0.15) is 74.1 Å². The molecule has 2 heterocycles. The van der Waals surface area contributed by atoms with Gasteiger partial charge in [0.05, 0.1) is 23.8 Å². The third-order valence-electron chi connectivity index (χ3n) is 8.50. The molecule has 3 amide bonds. The number of halogens is 3. The number of anilines is 1. The quantitative estimate of drug-likeness (QED) is 0.291. The zero-order valence-electron chi connectivity index (χ0n) is 27.7. The van der Waals surface area contributed by atoms with Crippen LogP contribution < -0.4 is 20.3 Å². The maximum atomic E-state index is 13.6. The van der Waals surface area contributed by atoms with Crippen LogP contribution in [0.3, 0.4) is 0 Å². The number of nitrogens with one attached hydrogen (secondary N) is 2. The Labute approximate surface area is 278 Å². The van der Waals surface area contributed by atoms with Crippen LogP contribution in [0.15, 0.2) is 60.7 Å². The Kier molecular flexibility index (Phi) is 9.93. The monoisotopic (exact) mass is 666 g/mol. The van der Waals surface area contributed by atoms with Crippen molar-refractivity contribution in [1.82, 2.24) is 15.5 Å². The van der Waals surface area contributed by atoms with E-state index in [-0.39, 0.29) is 24.4 Å². The number of carbonyl (C=O) groups excluding carboxylic acids is 3. The van der Waals surface area contributed by atoms with Gasteiger partial charge in [0.1, 0.15) is 18.0 Å². The highest BCUT2D eigenvalue weighted by Crippen LogP contribution is 2.37. The van der Waals surface area contributed by atoms with Crippen molar-refractivity contribution in [3.63, 3.8) is 0 Å². The number of nitrogens with zero attached hydrogens (tertiary/aromatic N) is 2. The fraction of sp³-hybridized carbons (Fsp3) is 0.417. The Morgan fingerprint density at radius 3 is 2.38 bits per heavy atom. The van der Waals surface area contributed by atoms with Crippen LogP contribution in [-0.4, -0.2) is 60.7 Å². The third-order valence-corrected chi connectivity index (χ3v) is 8.50. The van der Waals surface area contributed by atoms with Gasteiger partial charge in [-0.2, -0.15) is 13.2 Å². The number of benzene rings is 3. The smallest absolute Gasteiger partial charge is 0.416 e. The molecule has 0 spiro atoms. The normalized spacial score (nSPS) is 16.9. The number of ether oxygens (including phenoxy) is 2. The van der Waals surface area contributed by atoms with E-state index < -0.39 is 29.5 Å². The lowest BCUT2D eigenvalue weighted by atomic mass is 9.95. The Balaban J connectivity index is 1.30. The number of fused-ring (bicyclic) bond motifs is 1. The van der Waals surface area contributed by atoms with Gasteiger partial charge in [-0.3, -0.25) is 9.59 Å². The zero-order chi connectivity index (χ0) is 34.8. The van der Waals surface area contributed by atoms with Gasteiger partial charge in [0.2, 0.25) is 5.91 Å². The predicted molar refractivity (Wildman–Crippen MR) is 176 cm³/mol. The summed E-state index contributed by atoms with van der Waals surface area (Å²) in [4.78, 5) is 41.6. The van der Waals surface area contributed by atoms with Gasteiger partial charge in [0, 0.05) is 38.2 Å². The van der Waals surface area contributed by atoms with Crippen molar-refractivity contribution >= 4 is 23.6 Å².